The number of carbonyl (C=O) groups is 1. The van der Waals surface area contributed by atoms with Gasteiger partial charge in [-0.2, -0.15) is 5.10 Å². The van der Waals surface area contributed by atoms with E-state index >= 15 is 0 Å². The van der Waals surface area contributed by atoms with Gasteiger partial charge in [-0.15, -0.1) is 11.3 Å². The Hall–Kier alpha value is -2.62. The van der Waals surface area contributed by atoms with E-state index in [0.29, 0.717) is 39.3 Å². The molecule has 9 heteroatoms. The van der Waals surface area contributed by atoms with Crippen LogP contribution in [0.25, 0.3) is 0 Å². The van der Waals surface area contributed by atoms with Crippen LogP contribution in [-0.2, 0) is 36.3 Å². The summed E-state index contributed by atoms with van der Waals surface area (Å²) in [6.07, 6.45) is 5.46. The second kappa shape index (κ2) is 9.67. The van der Waals surface area contributed by atoms with Gasteiger partial charge in [-0.1, -0.05) is 0 Å². The molecule has 1 atom stereocenters. The van der Waals surface area contributed by atoms with Crippen molar-refractivity contribution < 1.29 is 9.53 Å². The molecule has 1 amide bonds. The predicted molar refractivity (Wildman–Crippen MR) is 118 cm³/mol. The van der Waals surface area contributed by atoms with Crippen LogP contribution in [0.5, 0.6) is 0 Å². The fourth-order valence-electron chi connectivity index (χ4n) is 3.84. The summed E-state index contributed by atoms with van der Waals surface area (Å²) in [5, 5.41) is 7.47. The van der Waals surface area contributed by atoms with Crippen LogP contribution in [0.1, 0.15) is 27.5 Å². The molecule has 31 heavy (non-hydrogen) atoms. The first-order valence-corrected chi connectivity index (χ1v) is 11.2. The first-order valence-electron chi connectivity index (χ1n) is 10.4. The van der Waals surface area contributed by atoms with E-state index in [-0.39, 0.29) is 12.0 Å². The first kappa shape index (κ1) is 21.6. The van der Waals surface area contributed by atoms with Crippen LogP contribution < -0.4 is 0 Å². The lowest BCUT2D eigenvalue weighted by Crippen LogP contribution is -2.37. The van der Waals surface area contributed by atoms with Crippen LogP contribution in [0.3, 0.4) is 0 Å². The minimum absolute atomic E-state index is 0.0993. The van der Waals surface area contributed by atoms with Crippen LogP contribution >= 0.6 is 11.3 Å². The molecule has 0 spiro atoms. The maximum Gasteiger partial charge on any atom is 0.237 e. The normalized spacial score (nSPS) is 17.8. The topological polar surface area (TPSA) is 76.4 Å². The number of rotatable bonds is 7. The molecule has 0 N–H and O–H groups in total. The molecule has 0 saturated carbocycles. The van der Waals surface area contributed by atoms with Crippen molar-refractivity contribution in [1.82, 2.24) is 29.5 Å². The fourth-order valence-corrected chi connectivity index (χ4v) is 4.45. The zero-order valence-electron chi connectivity index (χ0n) is 18.2. The summed E-state index contributed by atoms with van der Waals surface area (Å²) in [6, 6.07) is 3.91. The zero-order chi connectivity index (χ0) is 21.8. The number of amides is 1. The molecule has 0 aliphatic carbocycles. The summed E-state index contributed by atoms with van der Waals surface area (Å²) in [6.45, 7) is 7.24. The van der Waals surface area contributed by atoms with E-state index in [4.69, 9.17) is 4.74 Å². The van der Waals surface area contributed by atoms with Crippen molar-refractivity contribution in [3.8, 4) is 0 Å². The summed E-state index contributed by atoms with van der Waals surface area (Å²) in [5.41, 5.74) is 4.12. The quantitative estimate of drug-likeness (QED) is 0.561. The standard InChI is InChI=1S/C22H28N6O2S/c1-16-19(8-26(3)25-16)9-27-11-21(30-14-18-4-6-23-7-5-18)12-28(22(29)13-27)10-20-15-31-17(2)24-20/h4-8,15,21H,9-14H2,1-3H3. The third-order valence-corrected chi connectivity index (χ3v) is 6.18. The van der Waals surface area contributed by atoms with Crippen molar-refractivity contribution in [3.05, 3.63) is 63.6 Å². The number of aryl methyl sites for hydroxylation is 3. The predicted octanol–water partition coefficient (Wildman–Crippen LogP) is 2.32. The number of carbonyl (C=O) groups excluding carboxylic acids is 1. The summed E-state index contributed by atoms with van der Waals surface area (Å²) < 4.78 is 8.09. The highest BCUT2D eigenvalue weighted by Gasteiger charge is 2.29. The van der Waals surface area contributed by atoms with Crippen LogP contribution in [0.15, 0.2) is 36.1 Å². The average molecular weight is 441 g/mol. The highest BCUT2D eigenvalue weighted by Crippen LogP contribution is 2.18. The van der Waals surface area contributed by atoms with E-state index < -0.39 is 0 Å². The lowest BCUT2D eigenvalue weighted by atomic mass is 10.2. The Labute approximate surface area is 186 Å². The number of aromatic nitrogens is 4. The van der Waals surface area contributed by atoms with Crippen LogP contribution in [0, 0.1) is 13.8 Å². The van der Waals surface area contributed by atoms with E-state index in [1.165, 1.54) is 0 Å². The molecule has 4 rings (SSSR count). The molecule has 0 radical (unpaired) electrons. The van der Waals surface area contributed by atoms with E-state index in [2.05, 4.69) is 20.0 Å². The smallest absolute Gasteiger partial charge is 0.237 e. The lowest BCUT2D eigenvalue weighted by Gasteiger charge is -2.24. The van der Waals surface area contributed by atoms with Gasteiger partial charge in [0.2, 0.25) is 5.91 Å². The number of ether oxygens (including phenoxy) is 1. The van der Waals surface area contributed by atoms with E-state index in [1.807, 2.05) is 54.2 Å². The molecule has 1 aliphatic rings. The van der Waals surface area contributed by atoms with Crippen LogP contribution in [-0.4, -0.2) is 61.2 Å². The number of pyridine rings is 1. The SMILES string of the molecule is Cc1nc(CN2CC(OCc3ccncc3)CN(Cc3cn(C)nc3C)CC2=O)cs1. The number of nitrogens with zero attached hydrogens (tertiary/aromatic N) is 6. The molecular formula is C22H28N6O2S. The first-order chi connectivity index (χ1) is 15.0. The molecule has 164 valence electrons. The molecular weight excluding hydrogens is 412 g/mol. The van der Waals surface area contributed by atoms with E-state index in [0.717, 1.165) is 27.5 Å². The second-order valence-corrected chi connectivity index (χ2v) is 9.07. The van der Waals surface area contributed by atoms with Gasteiger partial charge in [0.15, 0.2) is 0 Å². The van der Waals surface area contributed by atoms with Crippen molar-refractivity contribution in [2.24, 2.45) is 7.05 Å². The Morgan fingerprint density at radius 3 is 2.68 bits per heavy atom. The Morgan fingerprint density at radius 2 is 2.00 bits per heavy atom. The largest absolute Gasteiger partial charge is 0.370 e. The molecule has 1 aliphatic heterocycles. The van der Waals surface area contributed by atoms with Crippen molar-refractivity contribution in [2.75, 3.05) is 19.6 Å². The van der Waals surface area contributed by atoms with Gasteiger partial charge in [-0.05, 0) is 31.5 Å². The second-order valence-electron chi connectivity index (χ2n) is 8.00. The van der Waals surface area contributed by atoms with Gasteiger partial charge in [-0.3, -0.25) is 19.4 Å². The highest BCUT2D eigenvalue weighted by atomic mass is 32.1. The maximum absolute atomic E-state index is 13.1. The molecule has 0 aromatic carbocycles. The van der Waals surface area contributed by atoms with Gasteiger partial charge in [0, 0.05) is 56.2 Å². The summed E-state index contributed by atoms with van der Waals surface area (Å²) in [4.78, 5) is 25.8. The van der Waals surface area contributed by atoms with Gasteiger partial charge < -0.3 is 9.64 Å². The van der Waals surface area contributed by atoms with E-state index in [1.54, 1.807) is 23.7 Å². The van der Waals surface area contributed by atoms with Gasteiger partial charge in [0.05, 0.1) is 42.2 Å². The number of thiazole rings is 1. The highest BCUT2D eigenvalue weighted by molar-refractivity contribution is 7.09. The fraction of sp³-hybridized carbons (Fsp3) is 0.455. The molecule has 1 fully saturated rings. The van der Waals surface area contributed by atoms with Crippen molar-refractivity contribution in [3.63, 3.8) is 0 Å². The van der Waals surface area contributed by atoms with Crippen LogP contribution in [0.2, 0.25) is 0 Å². The van der Waals surface area contributed by atoms with Gasteiger partial charge >= 0.3 is 0 Å². The molecule has 4 heterocycles. The summed E-state index contributed by atoms with van der Waals surface area (Å²) in [7, 11) is 1.92. The van der Waals surface area contributed by atoms with Crippen molar-refractivity contribution in [1.29, 1.82) is 0 Å². The van der Waals surface area contributed by atoms with Gasteiger partial charge in [0.1, 0.15) is 0 Å². The lowest BCUT2D eigenvalue weighted by molar-refractivity contribution is -0.132. The molecule has 3 aromatic heterocycles. The molecule has 1 saturated heterocycles. The Kier molecular flexibility index (Phi) is 6.74. The molecule has 0 bridgehead atoms. The number of hydrogen-bond donors (Lipinski definition) is 0. The van der Waals surface area contributed by atoms with Crippen molar-refractivity contribution in [2.45, 2.75) is 39.6 Å². The minimum atomic E-state index is -0.101. The Bertz CT molecular complexity index is 1020. The van der Waals surface area contributed by atoms with E-state index in [9.17, 15) is 4.79 Å². The van der Waals surface area contributed by atoms with Crippen molar-refractivity contribution >= 4 is 17.2 Å². The maximum atomic E-state index is 13.1. The third kappa shape index (κ3) is 5.75. The number of hydrogen-bond acceptors (Lipinski definition) is 7. The molecule has 3 aromatic rings. The zero-order valence-corrected chi connectivity index (χ0v) is 19.0. The Morgan fingerprint density at radius 1 is 1.19 bits per heavy atom. The minimum Gasteiger partial charge on any atom is -0.370 e. The molecule has 1 unspecified atom stereocenters. The third-order valence-electron chi connectivity index (χ3n) is 5.36. The van der Waals surface area contributed by atoms with Gasteiger partial charge in [-0.25, -0.2) is 4.98 Å². The molecule has 8 nitrogen and oxygen atoms in total. The summed E-state index contributed by atoms with van der Waals surface area (Å²) >= 11 is 1.61. The van der Waals surface area contributed by atoms with Crippen LogP contribution in [0.4, 0.5) is 0 Å². The van der Waals surface area contributed by atoms with Gasteiger partial charge in [0.25, 0.3) is 0 Å². The summed E-state index contributed by atoms with van der Waals surface area (Å²) in [5.74, 6) is 0.0993. The monoisotopic (exact) mass is 440 g/mol. The average Bonchev–Trinajstić information content (AvgIpc) is 3.25. The Balaban J connectivity index is 1.49.